The lowest BCUT2D eigenvalue weighted by atomic mass is 9.86. The van der Waals surface area contributed by atoms with Crippen LogP contribution in [0.3, 0.4) is 0 Å². The van der Waals surface area contributed by atoms with Crippen molar-refractivity contribution in [1.82, 2.24) is 0 Å². The fraction of sp³-hybridized carbons (Fsp3) is 0.0741. The molecule has 0 saturated carbocycles. The van der Waals surface area contributed by atoms with Crippen LogP contribution in [0.15, 0.2) is 205 Å². The molecule has 1 aromatic heterocycles. The van der Waals surface area contributed by atoms with E-state index in [2.05, 4.69) is 200 Å². The molecule has 11 rings (SSSR count). The topological polar surface area (TPSA) is 0 Å². The van der Waals surface area contributed by atoms with Gasteiger partial charge in [0.05, 0.1) is 0 Å². The highest BCUT2D eigenvalue weighted by molar-refractivity contribution is 8.00. The van der Waals surface area contributed by atoms with Gasteiger partial charge in [-0.3, -0.25) is 0 Å². The van der Waals surface area contributed by atoms with Crippen LogP contribution in [0.25, 0.3) is 70.3 Å². The lowest BCUT2D eigenvalue weighted by Crippen LogP contribution is -2.06. The molecule has 3 atom stereocenters. The van der Waals surface area contributed by atoms with E-state index < -0.39 is 0 Å². The summed E-state index contributed by atoms with van der Waals surface area (Å²) < 4.78 is 2.78. The maximum Gasteiger partial charge on any atom is 0.0393 e. The monoisotopic (exact) mass is 750 g/mol. The van der Waals surface area contributed by atoms with Crippen molar-refractivity contribution in [3.63, 3.8) is 0 Å². The minimum Gasteiger partial charge on any atom is -0.135 e. The van der Waals surface area contributed by atoms with Crippen molar-refractivity contribution in [1.29, 1.82) is 0 Å². The number of allylic oxidation sites excluding steroid dienone is 7. The van der Waals surface area contributed by atoms with Crippen LogP contribution in [0.4, 0.5) is 0 Å². The van der Waals surface area contributed by atoms with Gasteiger partial charge in [-0.2, -0.15) is 0 Å². The third-order valence-corrected chi connectivity index (χ3v) is 14.4. The molecule has 56 heavy (non-hydrogen) atoms. The average Bonchev–Trinajstić information content (AvgIpc) is 3.86. The molecule has 8 aromatic rings. The van der Waals surface area contributed by atoms with E-state index in [9.17, 15) is 0 Å². The number of benzene rings is 7. The van der Waals surface area contributed by atoms with E-state index in [0.29, 0.717) is 17.1 Å². The SMILES string of the molecule is C1=CC2Sc3c(-c4cccc(-c5cccc(-c6cccc(-c7ccc(C8=CC(c9cccc%10c9sc9ccccc9%10)CC=C8)cc7)c6)c5)c4)cccc3C2C=C1. The van der Waals surface area contributed by atoms with Crippen LogP contribution in [-0.2, 0) is 0 Å². The van der Waals surface area contributed by atoms with E-state index in [0.717, 1.165) is 6.42 Å². The third-order valence-electron chi connectivity index (χ3n) is 11.8. The Hall–Kier alpha value is -5.93. The van der Waals surface area contributed by atoms with Gasteiger partial charge in [0, 0.05) is 42.2 Å². The van der Waals surface area contributed by atoms with Crippen molar-refractivity contribution in [2.45, 2.75) is 28.4 Å². The second-order valence-electron chi connectivity index (χ2n) is 15.1. The lowest BCUT2D eigenvalue weighted by molar-refractivity contribution is 0.867. The van der Waals surface area contributed by atoms with Crippen LogP contribution in [0.1, 0.15) is 34.9 Å². The Balaban J connectivity index is 0.853. The minimum atomic E-state index is 0.360. The number of fused-ring (bicyclic) bond motifs is 6. The van der Waals surface area contributed by atoms with Gasteiger partial charge < -0.3 is 0 Å². The van der Waals surface area contributed by atoms with Crippen molar-refractivity contribution in [3.8, 4) is 44.5 Å². The Kier molecular flexibility index (Phi) is 8.34. The Labute approximate surface area is 336 Å². The zero-order chi connectivity index (χ0) is 37.0. The summed E-state index contributed by atoms with van der Waals surface area (Å²) in [7, 11) is 0. The summed E-state index contributed by atoms with van der Waals surface area (Å²) in [4.78, 5) is 1.42. The smallest absolute Gasteiger partial charge is 0.0393 e. The molecule has 3 aliphatic rings. The van der Waals surface area contributed by atoms with E-state index in [4.69, 9.17) is 0 Å². The zero-order valence-electron chi connectivity index (χ0n) is 30.8. The maximum atomic E-state index is 2.48. The molecule has 0 saturated heterocycles. The van der Waals surface area contributed by atoms with Gasteiger partial charge in [-0.15, -0.1) is 23.1 Å². The summed E-state index contributed by atoms with van der Waals surface area (Å²) in [5.41, 5.74) is 15.4. The molecule has 0 bridgehead atoms. The molecular formula is C54H38S2. The summed E-state index contributed by atoms with van der Waals surface area (Å²) in [6.45, 7) is 0. The highest BCUT2D eigenvalue weighted by atomic mass is 32.2. The standard InChI is InChI=1S/C54H38S2/c1-3-25-51-47(19-1)49-23-9-21-45(53(49)55-51)43-17-7-12-38(33-43)36-29-27-35(28-30-36)37-11-5-13-39(31-37)40-14-6-15-41(32-40)42-16-8-18-44(34-42)46-22-10-24-50-48-20-2-4-26-52(48)56-54(46)50/h1-16,18-34,43,48,52H,17H2. The molecule has 2 heteroatoms. The van der Waals surface area contributed by atoms with Crippen molar-refractivity contribution in [2.75, 3.05) is 0 Å². The molecule has 0 fully saturated rings. The minimum absolute atomic E-state index is 0.360. The van der Waals surface area contributed by atoms with Crippen molar-refractivity contribution < 1.29 is 0 Å². The molecule has 0 N–H and O–H groups in total. The number of rotatable bonds is 6. The first-order chi connectivity index (χ1) is 27.7. The van der Waals surface area contributed by atoms with Crippen LogP contribution in [0, 0.1) is 0 Å². The maximum absolute atomic E-state index is 2.48. The number of hydrogen-bond acceptors (Lipinski definition) is 2. The van der Waals surface area contributed by atoms with Gasteiger partial charge in [0.15, 0.2) is 0 Å². The summed E-state index contributed by atoms with van der Waals surface area (Å²) in [6.07, 6.45) is 17.2. The van der Waals surface area contributed by atoms with E-state index in [1.807, 2.05) is 23.1 Å². The lowest BCUT2D eigenvalue weighted by Gasteiger charge is -2.18. The average molecular weight is 751 g/mol. The molecule has 2 heterocycles. The van der Waals surface area contributed by atoms with E-state index >= 15 is 0 Å². The first-order valence-electron chi connectivity index (χ1n) is 19.6. The van der Waals surface area contributed by atoms with Gasteiger partial charge in [0.2, 0.25) is 0 Å². The Bertz CT molecular complexity index is 2930. The Morgan fingerprint density at radius 1 is 0.482 bits per heavy atom. The van der Waals surface area contributed by atoms with Crippen LogP contribution >= 0.6 is 23.1 Å². The van der Waals surface area contributed by atoms with Gasteiger partial charge in [-0.25, -0.2) is 0 Å². The van der Waals surface area contributed by atoms with E-state index in [1.54, 1.807) is 0 Å². The van der Waals surface area contributed by atoms with Crippen molar-refractivity contribution in [2.24, 2.45) is 0 Å². The van der Waals surface area contributed by atoms with E-state index in [-0.39, 0.29) is 0 Å². The molecule has 0 radical (unpaired) electrons. The first kappa shape index (κ1) is 33.4. The van der Waals surface area contributed by atoms with Gasteiger partial charge >= 0.3 is 0 Å². The molecule has 1 aliphatic heterocycles. The Morgan fingerprint density at radius 3 is 1.88 bits per heavy atom. The summed E-state index contributed by atoms with van der Waals surface area (Å²) >= 11 is 3.93. The molecule has 0 amide bonds. The number of thioether (sulfide) groups is 1. The second kappa shape index (κ2) is 14.0. The zero-order valence-corrected chi connectivity index (χ0v) is 32.4. The first-order valence-corrected chi connectivity index (χ1v) is 21.3. The van der Waals surface area contributed by atoms with Crippen LogP contribution < -0.4 is 0 Å². The summed E-state index contributed by atoms with van der Waals surface area (Å²) in [6, 6.07) is 58.7. The second-order valence-corrected chi connectivity index (χ2v) is 17.4. The molecule has 3 unspecified atom stereocenters. The van der Waals surface area contributed by atoms with Gasteiger partial charge in [0.1, 0.15) is 0 Å². The van der Waals surface area contributed by atoms with Gasteiger partial charge in [-0.1, -0.05) is 176 Å². The fourth-order valence-electron chi connectivity index (χ4n) is 8.92. The van der Waals surface area contributed by atoms with Crippen LogP contribution in [0.2, 0.25) is 0 Å². The van der Waals surface area contributed by atoms with E-state index in [1.165, 1.54) is 91.8 Å². The van der Waals surface area contributed by atoms with Gasteiger partial charge in [0.25, 0.3) is 0 Å². The molecule has 0 nitrogen and oxygen atoms in total. The van der Waals surface area contributed by atoms with Gasteiger partial charge in [-0.05, 0) is 97.5 Å². The molecule has 0 spiro atoms. The van der Waals surface area contributed by atoms with Crippen molar-refractivity contribution in [3.05, 3.63) is 217 Å². The van der Waals surface area contributed by atoms with Crippen LogP contribution in [-0.4, -0.2) is 5.25 Å². The fourth-order valence-corrected chi connectivity index (χ4v) is 11.7. The number of thiophene rings is 1. The quantitative estimate of drug-likeness (QED) is 0.163. The highest BCUT2D eigenvalue weighted by Gasteiger charge is 2.32. The predicted molar refractivity (Wildman–Crippen MR) is 243 cm³/mol. The highest BCUT2D eigenvalue weighted by Crippen LogP contribution is 2.52. The largest absolute Gasteiger partial charge is 0.135 e. The van der Waals surface area contributed by atoms with Crippen LogP contribution in [0.5, 0.6) is 0 Å². The summed E-state index contributed by atoms with van der Waals surface area (Å²) in [5, 5.41) is 3.22. The summed E-state index contributed by atoms with van der Waals surface area (Å²) in [5.74, 6) is 0.825. The third kappa shape index (κ3) is 5.93. The Morgan fingerprint density at radius 2 is 1.09 bits per heavy atom. The van der Waals surface area contributed by atoms with Crippen molar-refractivity contribution >= 4 is 48.8 Å². The normalized spacial score (nSPS) is 18.3. The molecule has 2 aliphatic carbocycles. The molecular weight excluding hydrogens is 713 g/mol. The molecule has 266 valence electrons. The predicted octanol–water partition coefficient (Wildman–Crippen LogP) is 15.5. The number of hydrogen-bond donors (Lipinski definition) is 0. The molecule has 7 aromatic carbocycles.